The first-order valence-electron chi connectivity index (χ1n) is 5.42. The minimum absolute atomic E-state index is 0.105. The average Bonchev–Trinajstić information content (AvgIpc) is 2.31. The Morgan fingerprint density at radius 1 is 1.53 bits per heavy atom. The van der Waals surface area contributed by atoms with Crippen molar-refractivity contribution in [1.29, 1.82) is 0 Å². The van der Waals surface area contributed by atoms with E-state index in [9.17, 15) is 4.79 Å². The Morgan fingerprint density at radius 2 is 2.24 bits per heavy atom. The lowest BCUT2D eigenvalue weighted by Crippen LogP contribution is -2.26. The van der Waals surface area contributed by atoms with Gasteiger partial charge in [-0.05, 0) is 31.0 Å². The Balaban J connectivity index is 2.55. The number of nitrogens with one attached hydrogen (secondary N) is 1. The van der Waals surface area contributed by atoms with Crippen LogP contribution in [0.4, 0.5) is 0 Å². The van der Waals surface area contributed by atoms with Crippen LogP contribution in [0.5, 0.6) is 0 Å². The lowest BCUT2D eigenvalue weighted by molar-refractivity contribution is 0.0953. The van der Waals surface area contributed by atoms with Crippen molar-refractivity contribution < 1.29 is 4.79 Å². The molecule has 0 bridgehead atoms. The van der Waals surface area contributed by atoms with E-state index >= 15 is 0 Å². The molecule has 1 atom stereocenters. The van der Waals surface area contributed by atoms with Crippen molar-refractivity contribution in [1.82, 2.24) is 5.32 Å². The van der Waals surface area contributed by atoms with E-state index in [1.165, 1.54) is 0 Å². The standard InChI is InChI=1S/C12H14BrCl2NO/c1-2-9(14)5-6-16-12(17)10-7-8(13)3-4-11(10)15/h3-4,7,9H,2,5-6H2,1H3,(H,16,17). The number of benzene rings is 1. The molecule has 0 saturated heterocycles. The van der Waals surface area contributed by atoms with Crippen molar-refractivity contribution in [2.24, 2.45) is 0 Å². The first-order valence-corrected chi connectivity index (χ1v) is 7.02. The first kappa shape index (κ1) is 14.8. The molecule has 1 aromatic rings. The number of rotatable bonds is 5. The quantitative estimate of drug-likeness (QED) is 0.799. The van der Waals surface area contributed by atoms with E-state index in [0.29, 0.717) is 17.1 Å². The number of amides is 1. The number of hydrogen-bond acceptors (Lipinski definition) is 1. The molecule has 2 nitrogen and oxygen atoms in total. The highest BCUT2D eigenvalue weighted by Crippen LogP contribution is 2.20. The highest BCUT2D eigenvalue weighted by molar-refractivity contribution is 9.10. The van der Waals surface area contributed by atoms with Gasteiger partial charge in [0.1, 0.15) is 0 Å². The molecule has 1 rings (SSSR count). The summed E-state index contributed by atoms with van der Waals surface area (Å²) in [6.07, 6.45) is 1.66. The Labute approximate surface area is 120 Å². The molecule has 0 spiro atoms. The molecule has 94 valence electrons. The predicted molar refractivity (Wildman–Crippen MR) is 76.0 cm³/mol. The molecule has 17 heavy (non-hydrogen) atoms. The fourth-order valence-electron chi connectivity index (χ4n) is 1.31. The number of halogens is 3. The van der Waals surface area contributed by atoms with Gasteiger partial charge in [-0.2, -0.15) is 0 Å². The second-order valence-corrected chi connectivity index (χ2v) is 5.61. The number of hydrogen-bond donors (Lipinski definition) is 1. The zero-order chi connectivity index (χ0) is 12.8. The summed E-state index contributed by atoms with van der Waals surface area (Å²) in [4.78, 5) is 11.8. The van der Waals surface area contributed by atoms with E-state index in [2.05, 4.69) is 21.2 Å². The van der Waals surface area contributed by atoms with Crippen LogP contribution in [-0.4, -0.2) is 17.8 Å². The van der Waals surface area contributed by atoms with Crippen molar-refractivity contribution in [3.63, 3.8) is 0 Å². The molecule has 1 unspecified atom stereocenters. The number of carbonyl (C=O) groups excluding carboxylic acids is 1. The number of alkyl halides is 1. The molecule has 5 heteroatoms. The van der Waals surface area contributed by atoms with Crippen LogP contribution < -0.4 is 5.32 Å². The van der Waals surface area contributed by atoms with E-state index in [-0.39, 0.29) is 11.3 Å². The monoisotopic (exact) mass is 337 g/mol. The number of carbonyl (C=O) groups is 1. The van der Waals surface area contributed by atoms with Gasteiger partial charge in [0.15, 0.2) is 0 Å². The SMILES string of the molecule is CCC(Cl)CCNC(=O)c1cc(Br)ccc1Cl. The van der Waals surface area contributed by atoms with Gasteiger partial charge in [-0.1, -0.05) is 34.5 Å². The zero-order valence-electron chi connectivity index (χ0n) is 9.47. The highest BCUT2D eigenvalue weighted by atomic mass is 79.9. The molecule has 1 N–H and O–H groups in total. The van der Waals surface area contributed by atoms with Gasteiger partial charge in [0, 0.05) is 16.4 Å². The van der Waals surface area contributed by atoms with Gasteiger partial charge in [-0.15, -0.1) is 11.6 Å². The maximum atomic E-state index is 11.8. The van der Waals surface area contributed by atoms with Gasteiger partial charge >= 0.3 is 0 Å². The van der Waals surface area contributed by atoms with Crippen molar-refractivity contribution in [2.75, 3.05) is 6.54 Å². The zero-order valence-corrected chi connectivity index (χ0v) is 12.6. The van der Waals surface area contributed by atoms with E-state index in [1.807, 2.05) is 6.92 Å². The Kier molecular flexibility index (Phi) is 6.31. The van der Waals surface area contributed by atoms with Gasteiger partial charge in [0.2, 0.25) is 0 Å². The third kappa shape index (κ3) is 4.86. The smallest absolute Gasteiger partial charge is 0.252 e. The largest absolute Gasteiger partial charge is 0.352 e. The summed E-state index contributed by atoms with van der Waals surface area (Å²) in [7, 11) is 0. The summed E-state index contributed by atoms with van der Waals surface area (Å²) in [6, 6.07) is 5.19. The van der Waals surface area contributed by atoms with E-state index in [4.69, 9.17) is 23.2 Å². The van der Waals surface area contributed by atoms with Gasteiger partial charge < -0.3 is 5.32 Å². The van der Waals surface area contributed by atoms with Crippen LogP contribution in [0.3, 0.4) is 0 Å². The van der Waals surface area contributed by atoms with Gasteiger partial charge in [0.05, 0.1) is 10.6 Å². The van der Waals surface area contributed by atoms with E-state index in [0.717, 1.165) is 17.3 Å². The fraction of sp³-hybridized carbons (Fsp3) is 0.417. The molecule has 0 aliphatic carbocycles. The van der Waals surface area contributed by atoms with Crippen LogP contribution >= 0.6 is 39.1 Å². The van der Waals surface area contributed by atoms with E-state index < -0.39 is 0 Å². The highest BCUT2D eigenvalue weighted by Gasteiger charge is 2.10. The molecule has 0 aromatic heterocycles. The second-order valence-electron chi connectivity index (χ2n) is 3.67. The van der Waals surface area contributed by atoms with Crippen LogP contribution in [0.2, 0.25) is 5.02 Å². The predicted octanol–water partition coefficient (Wildman–Crippen LogP) is 4.24. The summed E-state index contributed by atoms with van der Waals surface area (Å²) in [5, 5.41) is 3.36. The van der Waals surface area contributed by atoms with Crippen molar-refractivity contribution in [2.45, 2.75) is 25.1 Å². The average molecular weight is 339 g/mol. The second kappa shape index (κ2) is 7.24. The summed E-state index contributed by atoms with van der Waals surface area (Å²) in [6.45, 7) is 2.58. The van der Waals surface area contributed by atoms with Crippen LogP contribution in [0.25, 0.3) is 0 Å². The topological polar surface area (TPSA) is 29.1 Å². The van der Waals surface area contributed by atoms with Crippen molar-refractivity contribution in [3.05, 3.63) is 33.3 Å². The molecule has 0 fully saturated rings. The molecule has 0 aliphatic heterocycles. The Morgan fingerprint density at radius 3 is 2.88 bits per heavy atom. The van der Waals surface area contributed by atoms with Crippen molar-refractivity contribution >= 4 is 45.0 Å². The first-order chi connectivity index (χ1) is 8.04. The lowest BCUT2D eigenvalue weighted by atomic mass is 10.2. The maximum absolute atomic E-state index is 11.8. The van der Waals surface area contributed by atoms with Crippen LogP contribution in [0.15, 0.2) is 22.7 Å². The molecular weight excluding hydrogens is 325 g/mol. The normalized spacial score (nSPS) is 12.2. The third-order valence-corrected chi connectivity index (χ3v) is 3.71. The van der Waals surface area contributed by atoms with Crippen molar-refractivity contribution in [3.8, 4) is 0 Å². The molecule has 1 amide bonds. The van der Waals surface area contributed by atoms with Crippen LogP contribution in [-0.2, 0) is 0 Å². The summed E-state index contributed by atoms with van der Waals surface area (Å²) >= 11 is 15.2. The van der Waals surface area contributed by atoms with Crippen LogP contribution in [0.1, 0.15) is 30.1 Å². The third-order valence-electron chi connectivity index (χ3n) is 2.36. The minimum atomic E-state index is -0.170. The minimum Gasteiger partial charge on any atom is -0.352 e. The van der Waals surface area contributed by atoms with E-state index in [1.54, 1.807) is 18.2 Å². The molecule has 0 saturated carbocycles. The lowest BCUT2D eigenvalue weighted by Gasteiger charge is -2.09. The molecule has 0 aliphatic rings. The molecule has 0 radical (unpaired) electrons. The summed E-state index contributed by atoms with van der Waals surface area (Å²) in [5.74, 6) is -0.170. The Bertz CT molecular complexity index is 398. The summed E-state index contributed by atoms with van der Waals surface area (Å²) in [5.41, 5.74) is 0.476. The van der Waals surface area contributed by atoms with Gasteiger partial charge in [-0.25, -0.2) is 0 Å². The molecular formula is C12H14BrCl2NO. The summed E-state index contributed by atoms with van der Waals surface area (Å²) < 4.78 is 0.829. The van der Waals surface area contributed by atoms with Gasteiger partial charge in [0.25, 0.3) is 5.91 Å². The fourth-order valence-corrected chi connectivity index (χ4v) is 1.99. The van der Waals surface area contributed by atoms with Crippen LogP contribution in [0, 0.1) is 0 Å². The van der Waals surface area contributed by atoms with Gasteiger partial charge in [-0.3, -0.25) is 4.79 Å². The molecule has 1 aromatic carbocycles. The molecule has 0 heterocycles. The maximum Gasteiger partial charge on any atom is 0.252 e. The Hall–Kier alpha value is -0.250.